The lowest BCUT2D eigenvalue weighted by molar-refractivity contribution is -0.141. The molecule has 1 aliphatic heterocycles. The molecule has 1 aliphatic rings. The molecule has 6 nitrogen and oxygen atoms in total. The maximum atomic E-state index is 13.4. The van der Waals surface area contributed by atoms with E-state index in [0.717, 1.165) is 11.1 Å². The van der Waals surface area contributed by atoms with E-state index >= 15 is 0 Å². The van der Waals surface area contributed by atoms with Gasteiger partial charge in [-0.2, -0.15) is 0 Å². The molecule has 3 amide bonds. The minimum Gasteiger partial charge on any atom is -0.345 e. The Morgan fingerprint density at radius 1 is 0.759 bits per heavy atom. The van der Waals surface area contributed by atoms with Gasteiger partial charge >= 0.3 is 0 Å². The Morgan fingerprint density at radius 2 is 1.17 bits per heavy atom. The van der Waals surface area contributed by atoms with Gasteiger partial charge in [0.05, 0.1) is 5.92 Å². The van der Waals surface area contributed by atoms with Crippen LogP contribution in [-0.4, -0.2) is 59.7 Å². The number of amides is 3. The van der Waals surface area contributed by atoms with E-state index in [2.05, 4.69) is 5.32 Å². The summed E-state index contributed by atoms with van der Waals surface area (Å²) in [5.74, 6) is -0.662. The third-order valence-electron chi connectivity index (χ3n) is 5.21. The summed E-state index contributed by atoms with van der Waals surface area (Å²) in [6.07, 6.45) is 0. The molecule has 1 N–H and O–H groups in total. The Morgan fingerprint density at radius 3 is 1.59 bits per heavy atom. The van der Waals surface area contributed by atoms with Crippen LogP contribution in [0, 0.1) is 0 Å². The van der Waals surface area contributed by atoms with Gasteiger partial charge in [-0.15, -0.1) is 0 Å². The second-order valence-electron chi connectivity index (χ2n) is 7.33. The van der Waals surface area contributed by atoms with Crippen molar-refractivity contribution in [2.75, 3.05) is 26.2 Å². The van der Waals surface area contributed by atoms with Crippen LogP contribution in [0.1, 0.15) is 30.9 Å². The van der Waals surface area contributed by atoms with E-state index < -0.39 is 6.04 Å². The Bertz CT molecular complexity index is 807. The molecule has 0 aliphatic carbocycles. The van der Waals surface area contributed by atoms with Gasteiger partial charge in [0, 0.05) is 33.1 Å². The number of benzene rings is 2. The summed E-state index contributed by atoms with van der Waals surface area (Å²) in [7, 11) is 0. The monoisotopic (exact) mass is 393 g/mol. The molecule has 0 unspecified atom stereocenters. The summed E-state index contributed by atoms with van der Waals surface area (Å²) in [5.41, 5.74) is 1.92. The molecule has 2 aromatic carbocycles. The minimum atomic E-state index is -0.559. The van der Waals surface area contributed by atoms with Crippen LogP contribution in [0.3, 0.4) is 0 Å². The Labute approximate surface area is 171 Å². The lowest BCUT2D eigenvalue weighted by Gasteiger charge is -2.37. The molecule has 0 aromatic heterocycles. The van der Waals surface area contributed by atoms with Crippen molar-refractivity contribution in [3.8, 4) is 0 Å². The lowest BCUT2D eigenvalue weighted by atomic mass is 9.90. The van der Waals surface area contributed by atoms with Crippen molar-refractivity contribution < 1.29 is 14.4 Å². The highest BCUT2D eigenvalue weighted by atomic mass is 16.2. The number of rotatable bonds is 5. The van der Waals surface area contributed by atoms with Gasteiger partial charge in [0.1, 0.15) is 6.04 Å². The summed E-state index contributed by atoms with van der Waals surface area (Å²) < 4.78 is 0. The highest BCUT2D eigenvalue weighted by molar-refractivity contribution is 5.88. The Kier molecular flexibility index (Phi) is 6.65. The SMILES string of the molecule is CC(=O)N[C@@H](C)C(=O)N1CCN(C(=O)C(c2ccccc2)c2ccccc2)CC1. The first kappa shape index (κ1) is 20.6. The normalized spacial score (nSPS) is 15.1. The third-order valence-corrected chi connectivity index (χ3v) is 5.21. The van der Waals surface area contributed by atoms with E-state index in [1.54, 1.807) is 11.8 Å². The van der Waals surface area contributed by atoms with Gasteiger partial charge in [-0.3, -0.25) is 14.4 Å². The fourth-order valence-corrected chi connectivity index (χ4v) is 3.74. The first-order valence-electron chi connectivity index (χ1n) is 9.92. The smallest absolute Gasteiger partial charge is 0.244 e. The summed E-state index contributed by atoms with van der Waals surface area (Å²) >= 11 is 0. The molecular formula is C23H27N3O3. The van der Waals surface area contributed by atoms with Gasteiger partial charge in [-0.25, -0.2) is 0 Å². The van der Waals surface area contributed by atoms with E-state index in [9.17, 15) is 14.4 Å². The quantitative estimate of drug-likeness (QED) is 0.845. The molecule has 3 rings (SSSR count). The molecular weight excluding hydrogens is 366 g/mol. The molecule has 1 fully saturated rings. The van der Waals surface area contributed by atoms with Gasteiger partial charge < -0.3 is 15.1 Å². The second-order valence-corrected chi connectivity index (χ2v) is 7.33. The van der Waals surface area contributed by atoms with Crippen molar-refractivity contribution >= 4 is 17.7 Å². The van der Waals surface area contributed by atoms with Crippen molar-refractivity contribution in [1.29, 1.82) is 0 Å². The summed E-state index contributed by atoms with van der Waals surface area (Å²) in [4.78, 5) is 40.7. The van der Waals surface area contributed by atoms with Crippen LogP contribution in [-0.2, 0) is 14.4 Å². The average Bonchev–Trinajstić information content (AvgIpc) is 2.74. The number of nitrogens with one attached hydrogen (secondary N) is 1. The minimum absolute atomic E-state index is 0.0457. The molecule has 1 saturated heterocycles. The molecule has 29 heavy (non-hydrogen) atoms. The fourth-order valence-electron chi connectivity index (χ4n) is 3.74. The molecule has 1 heterocycles. The summed E-state index contributed by atoms with van der Waals surface area (Å²) in [6, 6.07) is 19.0. The number of carbonyl (C=O) groups is 3. The maximum absolute atomic E-state index is 13.4. The maximum Gasteiger partial charge on any atom is 0.244 e. The predicted octanol–water partition coefficient (Wildman–Crippen LogP) is 2.01. The fraction of sp³-hybridized carbons (Fsp3) is 0.348. The van der Waals surface area contributed by atoms with Crippen molar-refractivity contribution in [3.05, 3.63) is 71.8 Å². The molecule has 0 saturated carbocycles. The summed E-state index contributed by atoms with van der Waals surface area (Å²) in [5, 5.41) is 2.62. The van der Waals surface area contributed by atoms with E-state index in [1.807, 2.05) is 65.6 Å². The number of hydrogen-bond donors (Lipinski definition) is 1. The van der Waals surface area contributed by atoms with Crippen molar-refractivity contribution in [3.63, 3.8) is 0 Å². The van der Waals surface area contributed by atoms with E-state index in [-0.39, 0.29) is 23.6 Å². The number of carbonyl (C=O) groups excluding carboxylic acids is 3. The van der Waals surface area contributed by atoms with Crippen molar-refractivity contribution in [1.82, 2.24) is 15.1 Å². The molecule has 1 atom stereocenters. The van der Waals surface area contributed by atoms with Crippen LogP contribution in [0.2, 0.25) is 0 Å². The van der Waals surface area contributed by atoms with Crippen molar-refractivity contribution in [2.45, 2.75) is 25.8 Å². The highest BCUT2D eigenvalue weighted by Crippen LogP contribution is 2.27. The molecule has 0 spiro atoms. The first-order valence-corrected chi connectivity index (χ1v) is 9.92. The first-order chi connectivity index (χ1) is 14.0. The van der Waals surface area contributed by atoms with E-state index in [1.165, 1.54) is 6.92 Å². The average molecular weight is 393 g/mol. The standard InChI is InChI=1S/C23H27N3O3/c1-17(24-18(2)27)22(28)25-13-15-26(16-14-25)23(29)21(19-9-5-3-6-10-19)20-11-7-4-8-12-20/h3-12,17,21H,13-16H2,1-2H3,(H,24,27)/t17-/m0/s1. The van der Waals surface area contributed by atoms with Crippen LogP contribution in [0.25, 0.3) is 0 Å². The van der Waals surface area contributed by atoms with Gasteiger partial charge in [-0.05, 0) is 18.1 Å². The van der Waals surface area contributed by atoms with Gasteiger partial charge in [0.2, 0.25) is 17.7 Å². The van der Waals surface area contributed by atoms with Crippen LogP contribution in [0.5, 0.6) is 0 Å². The zero-order valence-corrected chi connectivity index (χ0v) is 16.9. The molecule has 0 radical (unpaired) electrons. The zero-order chi connectivity index (χ0) is 20.8. The predicted molar refractivity (Wildman–Crippen MR) is 111 cm³/mol. The van der Waals surface area contributed by atoms with Gasteiger partial charge in [0.25, 0.3) is 0 Å². The largest absolute Gasteiger partial charge is 0.345 e. The second kappa shape index (κ2) is 9.37. The lowest BCUT2D eigenvalue weighted by Crippen LogP contribution is -2.55. The molecule has 2 aromatic rings. The number of hydrogen-bond acceptors (Lipinski definition) is 3. The van der Waals surface area contributed by atoms with E-state index in [0.29, 0.717) is 26.2 Å². The Hall–Kier alpha value is -3.15. The zero-order valence-electron chi connectivity index (χ0n) is 16.9. The topological polar surface area (TPSA) is 69.7 Å². The Balaban J connectivity index is 1.71. The third kappa shape index (κ3) is 5.02. The molecule has 6 heteroatoms. The van der Waals surface area contributed by atoms with Crippen LogP contribution in [0.4, 0.5) is 0 Å². The number of nitrogens with zero attached hydrogens (tertiary/aromatic N) is 2. The summed E-state index contributed by atoms with van der Waals surface area (Å²) in [6.45, 7) is 4.96. The molecule has 0 bridgehead atoms. The van der Waals surface area contributed by atoms with Crippen LogP contribution >= 0.6 is 0 Å². The number of piperazine rings is 1. The van der Waals surface area contributed by atoms with Crippen molar-refractivity contribution in [2.24, 2.45) is 0 Å². The van der Waals surface area contributed by atoms with Gasteiger partial charge in [0.15, 0.2) is 0 Å². The van der Waals surface area contributed by atoms with Gasteiger partial charge in [-0.1, -0.05) is 60.7 Å². The molecule has 152 valence electrons. The highest BCUT2D eigenvalue weighted by Gasteiger charge is 2.31. The van der Waals surface area contributed by atoms with E-state index in [4.69, 9.17) is 0 Å². The van der Waals surface area contributed by atoms with Crippen LogP contribution in [0.15, 0.2) is 60.7 Å². The van der Waals surface area contributed by atoms with Crippen LogP contribution < -0.4 is 5.32 Å².